The van der Waals surface area contributed by atoms with Crippen LogP contribution < -0.4 is 18.9 Å². The van der Waals surface area contributed by atoms with Crippen LogP contribution in [0.2, 0.25) is 0 Å². The summed E-state index contributed by atoms with van der Waals surface area (Å²) in [6.07, 6.45) is -46.3. The molecule has 0 saturated carbocycles. The molecule has 3 fully saturated rings. The molecule has 0 N–H and O–H groups in total. The quantitative estimate of drug-likeness (QED) is 0.218. The zero-order valence-corrected chi connectivity index (χ0v) is 18.8. The van der Waals surface area contributed by atoms with Gasteiger partial charge in [0.25, 0.3) is 0 Å². The predicted octanol–water partition coefficient (Wildman–Crippen LogP) is 1.88. The molecule has 1 spiro atoms. The van der Waals surface area contributed by atoms with Gasteiger partial charge in [-0.25, -0.2) is 0 Å². The van der Waals surface area contributed by atoms with Gasteiger partial charge in [-0.15, -0.1) is 0 Å². The summed E-state index contributed by atoms with van der Waals surface area (Å²) in [5, 5.41) is 0. The molecule has 3 saturated heterocycles. The van der Waals surface area contributed by atoms with Crippen LogP contribution in [-0.2, 0) is 41.5 Å². The first kappa shape index (κ1) is 35.3. The van der Waals surface area contributed by atoms with Crippen LogP contribution in [0.1, 0.15) is 0 Å². The molecule has 9 nitrogen and oxygen atoms in total. The van der Waals surface area contributed by atoms with Crippen LogP contribution in [0, 0.1) is 0 Å². The van der Waals surface area contributed by atoms with E-state index >= 15 is 0 Å². The first-order valence-electron chi connectivity index (χ1n) is 8.58. The van der Waals surface area contributed by atoms with E-state index in [9.17, 15) is 93.4 Å². The first-order chi connectivity index (χ1) is 17.1. The summed E-state index contributed by atoms with van der Waals surface area (Å²) in [5.41, 5.74) is -21.9. The molecule has 0 aromatic rings. The Morgan fingerprint density at radius 2 is 0.537 bits per heavy atom. The van der Waals surface area contributed by atoms with Crippen molar-refractivity contribution in [2.45, 2.75) is 53.9 Å². The summed E-state index contributed by atoms with van der Waals surface area (Å²) in [4.78, 5) is 35.8. The Morgan fingerprint density at radius 3 is 0.634 bits per heavy atom. The van der Waals surface area contributed by atoms with Crippen LogP contribution in [0.4, 0.5) is 79.0 Å². The molecule has 41 heavy (non-hydrogen) atoms. The second kappa shape index (κ2) is 7.76. The molecule has 0 aromatic carbocycles. The van der Waals surface area contributed by atoms with Gasteiger partial charge >= 0.3 is 218 Å². The van der Waals surface area contributed by atoms with Crippen LogP contribution in [0.3, 0.4) is 0 Å². The smallest absolute Gasteiger partial charge is 1.00 e. The minimum Gasteiger partial charge on any atom is 1.00 e. The second-order valence-electron chi connectivity index (χ2n) is 7.56. The third-order valence-corrected chi connectivity index (χ3v) is 8.59. The van der Waals surface area contributed by atoms with Crippen molar-refractivity contribution in [2.75, 3.05) is 0 Å². The van der Waals surface area contributed by atoms with Gasteiger partial charge in [0.2, 0.25) is 0 Å². The van der Waals surface area contributed by atoms with E-state index in [0.717, 1.165) is 0 Å². The normalized spacial score (nSPS) is 28.1. The van der Waals surface area contributed by atoms with Gasteiger partial charge in [0.05, 0.1) is 0 Å². The molecular weight excluding hydrogens is 668 g/mol. The largest absolute Gasteiger partial charge is 1.00 e. The summed E-state index contributed by atoms with van der Waals surface area (Å²) in [5.74, 6) is -13.8. The van der Waals surface area contributed by atoms with Gasteiger partial charge in [0.1, 0.15) is 0 Å². The molecule has 3 heterocycles. The van der Waals surface area contributed by atoms with E-state index in [2.05, 4.69) is 27.1 Å². The van der Waals surface area contributed by atoms with E-state index in [1.54, 1.807) is 0 Å². The van der Waals surface area contributed by atoms with E-state index in [1.807, 2.05) is 0 Å². The number of carbonyl (C=O) groups excluding carboxylic acids is 3. The maximum atomic E-state index is 13.5. The summed E-state index contributed by atoms with van der Waals surface area (Å²) in [6.45, 7) is 0. The molecule has 0 amide bonds. The summed E-state index contributed by atoms with van der Waals surface area (Å²) in [7, 11) is -11.4. The van der Waals surface area contributed by atoms with Crippen molar-refractivity contribution in [3.8, 4) is 0 Å². The maximum Gasteiger partial charge on any atom is 1.00 e. The fourth-order valence-corrected chi connectivity index (χ4v) is 7.90. The van der Waals surface area contributed by atoms with Gasteiger partial charge in [-0.3, -0.25) is 0 Å². The SMILES string of the molecule is O=C1O[P-]23(OC(=O)C(C(F)(F)F)(C(F)(F)F)O2)(OC(=O)C(C(F)(F)F)(C(F)(F)F)O3)OC1(C(F)(F)F)C(F)(F)F.[Li+]. The van der Waals surface area contributed by atoms with Crippen molar-refractivity contribution < 1.29 is 139 Å². The van der Waals surface area contributed by atoms with Gasteiger partial charge in [-0.1, -0.05) is 0 Å². The van der Waals surface area contributed by atoms with Crippen LogP contribution in [0.5, 0.6) is 0 Å². The predicted molar refractivity (Wildman–Crippen MR) is 73.0 cm³/mol. The zero-order valence-electron chi connectivity index (χ0n) is 17.9. The fourth-order valence-electron chi connectivity index (χ4n) is 3.42. The molecule has 29 heteroatoms. The Balaban J connectivity index is 0.00000588. The third-order valence-electron chi connectivity index (χ3n) is 5.04. The number of alkyl halides is 18. The van der Waals surface area contributed by atoms with Crippen molar-refractivity contribution in [1.82, 2.24) is 0 Å². The van der Waals surface area contributed by atoms with Gasteiger partial charge in [0.15, 0.2) is 0 Å². The number of rotatable bonds is 0. The third kappa shape index (κ3) is 3.74. The Bertz CT molecular complexity index is 1010. The minimum absolute atomic E-state index is 0. The van der Waals surface area contributed by atoms with Crippen molar-refractivity contribution in [2.24, 2.45) is 0 Å². The Morgan fingerprint density at radius 1 is 0.390 bits per heavy atom. The Kier molecular flexibility index (Phi) is 6.67. The first-order valence-corrected chi connectivity index (χ1v) is 10.8. The summed E-state index contributed by atoms with van der Waals surface area (Å²) < 4.78 is 260. The Labute approximate surface area is 219 Å². The molecule has 3 aliphatic heterocycles. The molecule has 0 unspecified atom stereocenters. The van der Waals surface area contributed by atoms with Crippen molar-refractivity contribution >= 4 is 25.2 Å². The van der Waals surface area contributed by atoms with E-state index in [-0.39, 0.29) is 18.9 Å². The number of halogens is 18. The van der Waals surface area contributed by atoms with Crippen LogP contribution in [0.15, 0.2) is 0 Å². The minimum atomic E-state index is -11.4. The van der Waals surface area contributed by atoms with Crippen LogP contribution in [-0.4, -0.2) is 71.8 Å². The number of hydrogen-bond donors (Lipinski definition) is 0. The van der Waals surface area contributed by atoms with Gasteiger partial charge < -0.3 is 0 Å². The molecule has 0 bridgehead atoms. The molecular formula is C12F18LiO9P. The van der Waals surface area contributed by atoms with E-state index < -0.39 is 79.1 Å². The average molecular weight is 668 g/mol. The molecule has 234 valence electrons. The molecule has 0 aromatic heterocycles. The van der Waals surface area contributed by atoms with E-state index in [1.165, 1.54) is 0 Å². The Hall–Kier alpha value is -1.94. The van der Waals surface area contributed by atoms with Gasteiger partial charge in [0, 0.05) is 0 Å². The van der Waals surface area contributed by atoms with E-state index in [4.69, 9.17) is 0 Å². The van der Waals surface area contributed by atoms with Crippen LogP contribution in [0.25, 0.3) is 0 Å². The van der Waals surface area contributed by atoms with Gasteiger partial charge in [-0.05, 0) is 0 Å². The molecule has 3 aliphatic rings. The maximum absolute atomic E-state index is 13.5. The summed E-state index contributed by atoms with van der Waals surface area (Å²) >= 11 is 0. The monoisotopic (exact) mass is 668 g/mol. The standard InChI is InChI=1S/C12F18O9P.Li/c13-7(14,15)4(8(16,17)18)1(31)34-40(37-4,35-2(32)5(38-40,9(19,20)21)10(22,23)24)36-3(33)6(39-40,11(25,26)27)12(28,29)30;/q-1;+1. The topological polar surface area (TPSA) is 107 Å². The van der Waals surface area contributed by atoms with Gasteiger partial charge in [-0.2, -0.15) is 0 Å². The van der Waals surface area contributed by atoms with Crippen LogP contribution >= 0.6 is 7.31 Å². The molecule has 3 rings (SSSR count). The average Bonchev–Trinajstić information content (AvgIpc) is 3.13. The second-order valence-corrected chi connectivity index (χ2v) is 10.9. The molecule has 0 atom stereocenters. The number of hydrogen-bond acceptors (Lipinski definition) is 9. The van der Waals surface area contributed by atoms with Crippen molar-refractivity contribution in [3.63, 3.8) is 0 Å². The van der Waals surface area contributed by atoms with Crippen molar-refractivity contribution in [1.29, 1.82) is 0 Å². The van der Waals surface area contributed by atoms with Crippen molar-refractivity contribution in [3.05, 3.63) is 0 Å². The summed E-state index contributed by atoms with van der Waals surface area (Å²) in [6, 6.07) is 0. The zero-order chi connectivity index (χ0) is 31.9. The molecule has 0 radical (unpaired) electrons. The van der Waals surface area contributed by atoms with E-state index in [0.29, 0.717) is 0 Å². The fraction of sp³-hybridized carbons (Fsp3) is 0.750. The number of carbonyl (C=O) groups is 3. The molecule has 0 aliphatic carbocycles.